The molecule has 17 heavy (non-hydrogen) atoms. The van der Waals surface area contributed by atoms with Crippen molar-refractivity contribution in [3.8, 4) is 0 Å². The summed E-state index contributed by atoms with van der Waals surface area (Å²) >= 11 is 0. The molecule has 1 fully saturated rings. The molecule has 2 heterocycles. The maximum atomic E-state index is 12.3. The zero-order valence-electron chi connectivity index (χ0n) is 10.0. The number of nitrogens with zero attached hydrogens (tertiary/aromatic N) is 2. The van der Waals surface area contributed by atoms with Crippen molar-refractivity contribution in [1.29, 1.82) is 0 Å². The summed E-state index contributed by atoms with van der Waals surface area (Å²) in [6.45, 7) is 5.53. The van der Waals surface area contributed by atoms with E-state index in [1.807, 2.05) is 13.8 Å². The van der Waals surface area contributed by atoms with E-state index in [1.165, 1.54) is 10.5 Å². The summed E-state index contributed by atoms with van der Waals surface area (Å²) in [5.41, 5.74) is 0.904. The van der Waals surface area contributed by atoms with Crippen LogP contribution in [0.2, 0.25) is 0 Å². The van der Waals surface area contributed by atoms with E-state index in [-0.39, 0.29) is 11.1 Å². The van der Waals surface area contributed by atoms with Gasteiger partial charge >= 0.3 is 0 Å². The Labute approximate surface area is 102 Å². The summed E-state index contributed by atoms with van der Waals surface area (Å²) in [5.74, 6) is 0. The van der Waals surface area contributed by atoms with Crippen LogP contribution in [0.15, 0.2) is 23.4 Å². The van der Waals surface area contributed by atoms with Crippen molar-refractivity contribution < 1.29 is 8.42 Å². The maximum absolute atomic E-state index is 12.3. The highest BCUT2D eigenvalue weighted by molar-refractivity contribution is 7.89. The first-order valence-corrected chi connectivity index (χ1v) is 7.10. The lowest BCUT2D eigenvalue weighted by molar-refractivity contribution is 0.309. The molecular formula is C11H17N3O2S. The second-order valence-corrected chi connectivity index (χ2v) is 6.27. The van der Waals surface area contributed by atoms with E-state index < -0.39 is 10.0 Å². The number of hydrogen-bond acceptors (Lipinski definition) is 4. The molecule has 6 heteroatoms. The Morgan fingerprint density at radius 3 is 2.94 bits per heavy atom. The zero-order valence-corrected chi connectivity index (χ0v) is 10.9. The molecule has 0 aromatic carbocycles. The molecule has 0 amide bonds. The standard InChI is InChI=1S/C11H17N3O2S/c1-9-3-4-13-11(7-9)17(15,16)14-6-5-12-10(2)8-14/h3-4,7,10,12H,5-6,8H2,1-2H3. The molecule has 2 rings (SSSR count). The van der Waals surface area contributed by atoms with Gasteiger partial charge < -0.3 is 5.32 Å². The van der Waals surface area contributed by atoms with Gasteiger partial charge in [-0.1, -0.05) is 0 Å². The maximum Gasteiger partial charge on any atom is 0.260 e. The Bertz CT molecular complexity index is 501. The molecule has 5 nitrogen and oxygen atoms in total. The number of nitrogens with one attached hydrogen (secondary N) is 1. The van der Waals surface area contributed by atoms with Gasteiger partial charge in [0.2, 0.25) is 0 Å². The predicted molar refractivity (Wildman–Crippen MR) is 65.2 cm³/mol. The number of hydrogen-bond donors (Lipinski definition) is 1. The molecule has 1 atom stereocenters. The summed E-state index contributed by atoms with van der Waals surface area (Å²) in [6.07, 6.45) is 1.54. The molecule has 1 aromatic rings. The summed E-state index contributed by atoms with van der Waals surface area (Å²) in [7, 11) is -3.44. The fourth-order valence-corrected chi connectivity index (χ4v) is 3.44. The highest BCUT2D eigenvalue weighted by atomic mass is 32.2. The van der Waals surface area contributed by atoms with Gasteiger partial charge in [0.15, 0.2) is 5.03 Å². The lowest BCUT2D eigenvalue weighted by Crippen LogP contribution is -2.51. The van der Waals surface area contributed by atoms with Gasteiger partial charge in [-0.15, -0.1) is 0 Å². The van der Waals surface area contributed by atoms with Gasteiger partial charge in [0.05, 0.1) is 0 Å². The Hall–Kier alpha value is -0.980. The molecule has 0 spiro atoms. The molecule has 1 aliphatic rings. The minimum atomic E-state index is -3.44. The number of pyridine rings is 1. The van der Waals surface area contributed by atoms with Crippen molar-refractivity contribution in [3.05, 3.63) is 23.9 Å². The third-order valence-electron chi connectivity index (χ3n) is 2.83. The van der Waals surface area contributed by atoms with Crippen LogP contribution in [0.3, 0.4) is 0 Å². The molecule has 0 bridgehead atoms. The third-order valence-corrected chi connectivity index (χ3v) is 4.59. The molecule has 1 aromatic heterocycles. The van der Waals surface area contributed by atoms with Crippen LogP contribution in [0, 0.1) is 6.92 Å². The average molecular weight is 255 g/mol. The molecule has 0 saturated carbocycles. The van der Waals surface area contributed by atoms with Gasteiger partial charge in [-0.2, -0.15) is 4.31 Å². The van der Waals surface area contributed by atoms with E-state index in [9.17, 15) is 8.42 Å². The fourth-order valence-electron chi connectivity index (χ4n) is 1.90. The second-order valence-electron chi connectivity index (χ2n) is 4.39. The van der Waals surface area contributed by atoms with E-state index in [0.29, 0.717) is 19.6 Å². The Morgan fingerprint density at radius 1 is 1.53 bits per heavy atom. The van der Waals surface area contributed by atoms with Crippen LogP contribution >= 0.6 is 0 Å². The van der Waals surface area contributed by atoms with Gasteiger partial charge in [0.1, 0.15) is 0 Å². The second kappa shape index (κ2) is 4.72. The van der Waals surface area contributed by atoms with E-state index >= 15 is 0 Å². The Kier molecular flexibility index (Phi) is 3.46. The number of aryl methyl sites for hydroxylation is 1. The van der Waals surface area contributed by atoms with Gasteiger partial charge in [0, 0.05) is 31.9 Å². The Balaban J connectivity index is 2.29. The monoisotopic (exact) mass is 255 g/mol. The van der Waals surface area contributed by atoms with Gasteiger partial charge in [-0.3, -0.25) is 0 Å². The normalized spacial score (nSPS) is 22.6. The van der Waals surface area contributed by atoms with Crippen molar-refractivity contribution in [3.63, 3.8) is 0 Å². The van der Waals surface area contributed by atoms with E-state index in [0.717, 1.165) is 5.56 Å². The van der Waals surface area contributed by atoms with Crippen LogP contribution in [-0.4, -0.2) is 43.4 Å². The molecule has 1 N–H and O–H groups in total. The van der Waals surface area contributed by atoms with E-state index in [2.05, 4.69) is 10.3 Å². The summed E-state index contributed by atoms with van der Waals surface area (Å²) in [5, 5.41) is 3.37. The number of rotatable bonds is 2. The molecule has 0 aliphatic carbocycles. The predicted octanol–water partition coefficient (Wildman–Crippen LogP) is 0.372. The van der Waals surface area contributed by atoms with Crippen LogP contribution in [0.25, 0.3) is 0 Å². The van der Waals surface area contributed by atoms with Crippen LogP contribution in [0.4, 0.5) is 0 Å². The lowest BCUT2D eigenvalue weighted by atomic mass is 10.3. The van der Waals surface area contributed by atoms with Crippen molar-refractivity contribution in [2.75, 3.05) is 19.6 Å². The van der Waals surface area contributed by atoms with Crippen LogP contribution in [0.5, 0.6) is 0 Å². The highest BCUT2D eigenvalue weighted by Gasteiger charge is 2.29. The smallest absolute Gasteiger partial charge is 0.260 e. The summed E-state index contributed by atoms with van der Waals surface area (Å²) < 4.78 is 26.1. The zero-order chi connectivity index (χ0) is 12.5. The minimum absolute atomic E-state index is 0.145. The van der Waals surface area contributed by atoms with Gasteiger partial charge in [-0.05, 0) is 31.5 Å². The Morgan fingerprint density at radius 2 is 2.29 bits per heavy atom. The van der Waals surface area contributed by atoms with Crippen molar-refractivity contribution in [2.24, 2.45) is 0 Å². The van der Waals surface area contributed by atoms with Crippen molar-refractivity contribution in [1.82, 2.24) is 14.6 Å². The quantitative estimate of drug-likeness (QED) is 0.829. The molecule has 1 unspecified atom stereocenters. The number of aromatic nitrogens is 1. The van der Waals surface area contributed by atoms with Crippen LogP contribution in [0.1, 0.15) is 12.5 Å². The largest absolute Gasteiger partial charge is 0.312 e. The van der Waals surface area contributed by atoms with Gasteiger partial charge in [-0.25, -0.2) is 13.4 Å². The average Bonchev–Trinajstić information content (AvgIpc) is 2.29. The van der Waals surface area contributed by atoms with Crippen LogP contribution < -0.4 is 5.32 Å². The lowest BCUT2D eigenvalue weighted by Gasteiger charge is -2.30. The van der Waals surface area contributed by atoms with Crippen molar-refractivity contribution in [2.45, 2.75) is 24.9 Å². The third kappa shape index (κ3) is 2.65. The van der Waals surface area contributed by atoms with Crippen LogP contribution in [-0.2, 0) is 10.0 Å². The molecule has 0 radical (unpaired) electrons. The SMILES string of the molecule is Cc1ccnc(S(=O)(=O)N2CCNC(C)C2)c1. The topological polar surface area (TPSA) is 62.3 Å². The minimum Gasteiger partial charge on any atom is -0.312 e. The number of sulfonamides is 1. The number of piperazine rings is 1. The van der Waals surface area contributed by atoms with Crippen molar-refractivity contribution >= 4 is 10.0 Å². The summed E-state index contributed by atoms with van der Waals surface area (Å²) in [6, 6.07) is 3.59. The molecular weight excluding hydrogens is 238 g/mol. The molecule has 94 valence electrons. The molecule has 1 saturated heterocycles. The van der Waals surface area contributed by atoms with E-state index in [4.69, 9.17) is 0 Å². The van der Waals surface area contributed by atoms with E-state index in [1.54, 1.807) is 12.1 Å². The first kappa shape index (κ1) is 12.5. The first-order chi connectivity index (χ1) is 8.00. The molecule has 1 aliphatic heterocycles. The summed E-state index contributed by atoms with van der Waals surface area (Å²) in [4.78, 5) is 3.96. The van der Waals surface area contributed by atoms with Gasteiger partial charge in [0.25, 0.3) is 10.0 Å². The fraction of sp³-hybridized carbons (Fsp3) is 0.545. The highest BCUT2D eigenvalue weighted by Crippen LogP contribution is 2.15. The first-order valence-electron chi connectivity index (χ1n) is 5.66.